The first-order valence-electron chi connectivity index (χ1n) is 9.41. The smallest absolute Gasteiger partial charge is 0.240 e. The van der Waals surface area contributed by atoms with E-state index in [2.05, 4.69) is 27.6 Å². The summed E-state index contributed by atoms with van der Waals surface area (Å²) < 4.78 is 0.803. The molecule has 3 aromatic rings. The van der Waals surface area contributed by atoms with Gasteiger partial charge < -0.3 is 10.2 Å². The number of likely N-dealkylation sites (tertiary alicyclic amines) is 1. The number of carbonyl (C=O) groups excluding carboxylic acids is 1. The SMILES string of the molecule is O=C([C@@H](Sc1nnc(NCc2ccccc2)s1)c1ccccc1)N1CCCC1. The van der Waals surface area contributed by atoms with Crippen molar-refractivity contribution < 1.29 is 4.79 Å². The molecule has 1 aromatic heterocycles. The van der Waals surface area contributed by atoms with Crippen LogP contribution in [0, 0.1) is 0 Å². The standard InChI is InChI=1S/C21H22N4OS2/c26-19(25-13-7-8-14-25)18(17-11-5-2-6-12-17)27-21-24-23-20(28-21)22-15-16-9-3-1-4-10-16/h1-6,9-12,18H,7-8,13-15H2,(H,22,23)/t18-/m0/s1. The van der Waals surface area contributed by atoms with Gasteiger partial charge in [0.15, 0.2) is 4.34 Å². The molecule has 2 heterocycles. The number of carbonyl (C=O) groups is 1. The van der Waals surface area contributed by atoms with Gasteiger partial charge in [0.25, 0.3) is 0 Å². The van der Waals surface area contributed by atoms with E-state index < -0.39 is 0 Å². The van der Waals surface area contributed by atoms with Crippen LogP contribution in [-0.2, 0) is 11.3 Å². The summed E-state index contributed by atoms with van der Waals surface area (Å²) >= 11 is 2.99. The molecule has 0 bridgehead atoms. The first-order valence-corrected chi connectivity index (χ1v) is 11.1. The number of anilines is 1. The number of nitrogens with one attached hydrogen (secondary N) is 1. The Morgan fingerprint density at radius 2 is 1.71 bits per heavy atom. The summed E-state index contributed by atoms with van der Waals surface area (Å²) in [6, 6.07) is 20.2. The van der Waals surface area contributed by atoms with Crippen molar-refractivity contribution in [3.63, 3.8) is 0 Å². The third kappa shape index (κ3) is 4.72. The third-order valence-corrected chi connectivity index (χ3v) is 6.86. The lowest BCUT2D eigenvalue weighted by atomic mass is 10.1. The molecule has 0 unspecified atom stereocenters. The lowest BCUT2D eigenvalue weighted by Crippen LogP contribution is -2.31. The van der Waals surface area contributed by atoms with Crippen LogP contribution in [0.25, 0.3) is 0 Å². The number of rotatable bonds is 7. The minimum Gasteiger partial charge on any atom is -0.356 e. The van der Waals surface area contributed by atoms with Crippen molar-refractivity contribution in [1.29, 1.82) is 0 Å². The van der Waals surface area contributed by atoms with Crippen LogP contribution in [0.15, 0.2) is 65.0 Å². The van der Waals surface area contributed by atoms with Gasteiger partial charge in [0.1, 0.15) is 5.25 Å². The molecule has 144 valence electrons. The molecule has 1 saturated heterocycles. The Bertz CT molecular complexity index is 895. The second kappa shape index (κ2) is 9.21. The Balaban J connectivity index is 1.46. The lowest BCUT2D eigenvalue weighted by Gasteiger charge is -2.22. The van der Waals surface area contributed by atoms with Crippen LogP contribution >= 0.6 is 23.1 Å². The third-order valence-electron chi connectivity index (χ3n) is 4.66. The van der Waals surface area contributed by atoms with Gasteiger partial charge in [-0.25, -0.2) is 0 Å². The van der Waals surface area contributed by atoms with E-state index in [-0.39, 0.29) is 11.2 Å². The van der Waals surface area contributed by atoms with E-state index in [0.717, 1.165) is 41.0 Å². The van der Waals surface area contributed by atoms with E-state index in [9.17, 15) is 4.79 Å². The summed E-state index contributed by atoms with van der Waals surface area (Å²) in [6.45, 7) is 2.40. The van der Waals surface area contributed by atoms with Gasteiger partial charge in [-0.05, 0) is 24.0 Å². The monoisotopic (exact) mass is 410 g/mol. The fourth-order valence-corrected chi connectivity index (χ4v) is 5.22. The van der Waals surface area contributed by atoms with Crippen molar-refractivity contribution in [3.05, 3.63) is 71.8 Å². The summed E-state index contributed by atoms with van der Waals surface area (Å²) in [5.74, 6) is 0.169. The van der Waals surface area contributed by atoms with Gasteiger partial charge >= 0.3 is 0 Å². The van der Waals surface area contributed by atoms with Crippen LogP contribution in [0.5, 0.6) is 0 Å². The highest BCUT2D eigenvalue weighted by Gasteiger charge is 2.29. The predicted molar refractivity (Wildman–Crippen MR) is 115 cm³/mol. The number of nitrogens with zero attached hydrogens (tertiary/aromatic N) is 3. The zero-order chi connectivity index (χ0) is 19.2. The average Bonchev–Trinajstić information content (AvgIpc) is 3.44. The summed E-state index contributed by atoms with van der Waals surface area (Å²) in [5.41, 5.74) is 2.21. The molecule has 4 rings (SSSR count). The molecule has 1 aliphatic heterocycles. The summed E-state index contributed by atoms with van der Waals surface area (Å²) in [6.07, 6.45) is 2.18. The molecular formula is C21H22N4OS2. The normalized spacial score (nSPS) is 14.8. The molecule has 7 heteroatoms. The van der Waals surface area contributed by atoms with Gasteiger partial charge in [-0.3, -0.25) is 4.79 Å². The van der Waals surface area contributed by atoms with Crippen LogP contribution in [0.1, 0.15) is 29.2 Å². The van der Waals surface area contributed by atoms with Gasteiger partial charge in [0.2, 0.25) is 11.0 Å². The summed E-state index contributed by atoms with van der Waals surface area (Å²) in [4.78, 5) is 15.1. The van der Waals surface area contributed by atoms with E-state index in [1.165, 1.54) is 28.7 Å². The molecule has 0 aliphatic carbocycles. The largest absolute Gasteiger partial charge is 0.356 e. The molecule has 28 heavy (non-hydrogen) atoms. The van der Waals surface area contributed by atoms with Crippen LogP contribution in [0.4, 0.5) is 5.13 Å². The Hall–Kier alpha value is -2.38. The van der Waals surface area contributed by atoms with Crippen LogP contribution in [0.3, 0.4) is 0 Å². The van der Waals surface area contributed by atoms with Crippen molar-refractivity contribution in [1.82, 2.24) is 15.1 Å². The van der Waals surface area contributed by atoms with Crippen molar-refractivity contribution >= 4 is 34.1 Å². The van der Waals surface area contributed by atoms with E-state index in [1.54, 1.807) is 0 Å². The Labute approximate surface area is 173 Å². The maximum Gasteiger partial charge on any atom is 0.240 e. The molecule has 0 radical (unpaired) electrons. The van der Waals surface area contributed by atoms with Crippen molar-refractivity contribution in [2.45, 2.75) is 29.0 Å². The van der Waals surface area contributed by atoms with Crippen LogP contribution in [0.2, 0.25) is 0 Å². The fourth-order valence-electron chi connectivity index (χ4n) is 3.20. The Morgan fingerprint density at radius 1 is 1.04 bits per heavy atom. The van der Waals surface area contributed by atoms with E-state index in [0.29, 0.717) is 6.54 Å². The minimum absolute atomic E-state index is 0.169. The molecule has 1 amide bonds. The quantitative estimate of drug-likeness (QED) is 0.577. The molecule has 0 spiro atoms. The molecule has 1 N–H and O–H groups in total. The highest BCUT2D eigenvalue weighted by molar-refractivity contribution is 8.01. The summed E-state index contributed by atoms with van der Waals surface area (Å²) in [7, 11) is 0. The zero-order valence-corrected chi connectivity index (χ0v) is 17.1. The number of benzene rings is 2. The molecule has 2 aromatic carbocycles. The van der Waals surface area contributed by atoms with E-state index >= 15 is 0 Å². The first kappa shape index (κ1) is 19.0. The Kier molecular flexibility index (Phi) is 6.24. The highest BCUT2D eigenvalue weighted by Crippen LogP contribution is 2.39. The van der Waals surface area contributed by atoms with Gasteiger partial charge in [-0.2, -0.15) is 0 Å². The maximum absolute atomic E-state index is 13.1. The minimum atomic E-state index is -0.283. The maximum atomic E-state index is 13.1. The Morgan fingerprint density at radius 3 is 2.43 bits per heavy atom. The fraction of sp³-hybridized carbons (Fsp3) is 0.286. The lowest BCUT2D eigenvalue weighted by molar-refractivity contribution is -0.129. The summed E-state index contributed by atoms with van der Waals surface area (Å²) in [5, 5.41) is 12.3. The van der Waals surface area contributed by atoms with Gasteiger partial charge in [-0.1, -0.05) is 83.8 Å². The average molecular weight is 411 g/mol. The number of hydrogen-bond acceptors (Lipinski definition) is 6. The first-order chi connectivity index (χ1) is 13.8. The van der Waals surface area contributed by atoms with Gasteiger partial charge in [-0.15, -0.1) is 10.2 Å². The second-order valence-electron chi connectivity index (χ2n) is 6.65. The van der Waals surface area contributed by atoms with Crippen molar-refractivity contribution in [2.75, 3.05) is 18.4 Å². The van der Waals surface area contributed by atoms with Crippen LogP contribution in [-0.4, -0.2) is 34.1 Å². The van der Waals surface area contributed by atoms with E-state index in [4.69, 9.17) is 0 Å². The number of hydrogen-bond donors (Lipinski definition) is 1. The number of thioether (sulfide) groups is 1. The highest BCUT2D eigenvalue weighted by atomic mass is 32.2. The van der Waals surface area contributed by atoms with Gasteiger partial charge in [0, 0.05) is 19.6 Å². The molecule has 1 aliphatic rings. The zero-order valence-electron chi connectivity index (χ0n) is 15.5. The molecule has 1 atom stereocenters. The van der Waals surface area contributed by atoms with Crippen molar-refractivity contribution in [2.24, 2.45) is 0 Å². The molecular weight excluding hydrogens is 388 g/mol. The number of amides is 1. The predicted octanol–water partition coefficient (Wildman–Crippen LogP) is 4.61. The molecule has 5 nitrogen and oxygen atoms in total. The molecule has 1 fully saturated rings. The molecule has 0 saturated carbocycles. The van der Waals surface area contributed by atoms with Gasteiger partial charge in [0.05, 0.1) is 0 Å². The van der Waals surface area contributed by atoms with Crippen molar-refractivity contribution in [3.8, 4) is 0 Å². The number of aromatic nitrogens is 2. The van der Waals surface area contributed by atoms with E-state index in [1.807, 2.05) is 53.4 Å². The van der Waals surface area contributed by atoms with Crippen LogP contribution < -0.4 is 5.32 Å². The second-order valence-corrected chi connectivity index (χ2v) is 8.98. The topological polar surface area (TPSA) is 58.1 Å².